The fraction of sp³-hybridized carbons (Fsp3) is 0.500. The van der Waals surface area contributed by atoms with Gasteiger partial charge in [-0.25, -0.2) is 15.1 Å². The maximum atomic E-state index is 9.91. The van der Waals surface area contributed by atoms with Crippen LogP contribution in [0.15, 0.2) is 0 Å². The Morgan fingerprint density at radius 2 is 1.75 bits per heavy atom. The summed E-state index contributed by atoms with van der Waals surface area (Å²) in [5.74, 6) is 4.33. The molecule has 3 N–H and O–H groups in total. The number of aliphatic hydroxyl groups excluding tert-OH is 1. The van der Waals surface area contributed by atoms with Crippen molar-refractivity contribution in [3.8, 4) is 0 Å². The molecule has 12 heavy (non-hydrogen) atoms. The van der Waals surface area contributed by atoms with Crippen molar-refractivity contribution in [3.63, 3.8) is 0 Å². The van der Waals surface area contributed by atoms with Gasteiger partial charge in [0.15, 0.2) is 0 Å². The molecule has 0 spiro atoms. The second-order valence-corrected chi connectivity index (χ2v) is 3.13. The number of hydrogen-bond acceptors (Lipinski definition) is 6. The van der Waals surface area contributed by atoms with Gasteiger partial charge in [-0.05, 0) is 12.6 Å². The summed E-state index contributed by atoms with van der Waals surface area (Å²) in [6.07, 6.45) is 5.97. The van der Waals surface area contributed by atoms with Crippen LogP contribution in [0.3, 0.4) is 0 Å². The van der Waals surface area contributed by atoms with Crippen LogP contribution >= 0.6 is 15.3 Å². The first-order chi connectivity index (χ1) is 5.54. The van der Waals surface area contributed by atoms with Crippen LogP contribution in [0.5, 0.6) is 0 Å². The Morgan fingerprint density at radius 3 is 1.83 bits per heavy atom. The van der Waals surface area contributed by atoms with E-state index in [0.29, 0.717) is 0 Å². The zero-order chi connectivity index (χ0) is 9.98. The average molecular weight is 215 g/mol. The van der Waals surface area contributed by atoms with E-state index < -0.39 is 15.3 Å². The first kappa shape index (κ1) is 14.3. The van der Waals surface area contributed by atoms with Crippen molar-refractivity contribution in [2.24, 2.45) is 5.90 Å². The van der Waals surface area contributed by atoms with Gasteiger partial charge in [0.1, 0.15) is 0 Å². The molecule has 0 saturated heterocycles. The Bertz CT molecular complexity index is 205. The Kier molecular flexibility index (Phi) is 12.9. The molecule has 0 amide bonds. The Morgan fingerprint density at radius 1 is 1.33 bits per heavy atom. The predicted molar refractivity (Wildman–Crippen MR) is 47.8 cm³/mol. The molecule has 0 bridgehead atoms. The van der Waals surface area contributed by atoms with E-state index in [1.807, 2.05) is 0 Å². The summed E-state index contributed by atoms with van der Waals surface area (Å²) in [4.78, 5) is 0. The van der Waals surface area contributed by atoms with Gasteiger partial charge in [-0.2, -0.15) is 0 Å². The number of hydrogen-bond donors (Lipinski definition) is 2. The molecule has 0 aromatic rings. The van der Waals surface area contributed by atoms with Crippen LogP contribution in [-0.2, 0) is 18.3 Å². The second-order valence-electron chi connectivity index (χ2n) is 1.33. The van der Waals surface area contributed by atoms with Crippen LogP contribution in [0.25, 0.3) is 0 Å². The molecule has 6 nitrogen and oxygen atoms in total. The quantitative estimate of drug-likeness (QED) is 0.514. The van der Waals surface area contributed by atoms with Gasteiger partial charge in [0.05, 0.1) is 13.2 Å². The van der Waals surface area contributed by atoms with Gasteiger partial charge < -0.3 is 5.11 Å². The fourth-order valence-corrected chi connectivity index (χ4v) is 0.428. The van der Waals surface area contributed by atoms with E-state index in [9.17, 15) is 9.13 Å². The molecule has 0 heterocycles. The van der Waals surface area contributed by atoms with Crippen molar-refractivity contribution in [2.75, 3.05) is 13.2 Å². The van der Waals surface area contributed by atoms with Gasteiger partial charge in [-0.15, -0.1) is 0 Å². The molecule has 0 aromatic heterocycles. The minimum absolute atomic E-state index is 0.101. The topological polar surface area (TPSA) is 98.8 Å². The lowest BCUT2D eigenvalue weighted by atomic mass is 10.8. The van der Waals surface area contributed by atoms with E-state index in [-0.39, 0.29) is 13.2 Å². The SMILES string of the molecule is C=P(=O)OCCO.C=P(=O)ON. The fourth-order valence-electron chi connectivity index (χ4n) is 0.143. The largest absolute Gasteiger partial charge is 0.394 e. The highest BCUT2D eigenvalue weighted by molar-refractivity contribution is 7.37. The molecule has 0 aromatic carbocycles. The lowest BCUT2D eigenvalue weighted by Gasteiger charge is -1.85. The highest BCUT2D eigenvalue weighted by Gasteiger charge is 1.79. The van der Waals surface area contributed by atoms with Crippen molar-refractivity contribution in [3.05, 3.63) is 0 Å². The van der Waals surface area contributed by atoms with E-state index in [4.69, 9.17) is 5.11 Å². The third-order valence-electron chi connectivity index (χ3n) is 0.444. The molecular formula is C4H11NO5P2. The van der Waals surface area contributed by atoms with E-state index in [0.717, 1.165) is 0 Å². The van der Waals surface area contributed by atoms with Crippen molar-refractivity contribution in [2.45, 2.75) is 0 Å². The Balaban J connectivity index is 0. The number of aliphatic hydroxyl groups is 1. The molecule has 0 saturated carbocycles. The van der Waals surface area contributed by atoms with Crippen LogP contribution < -0.4 is 5.90 Å². The van der Waals surface area contributed by atoms with Crippen LogP contribution in [0, 0.1) is 0 Å². The van der Waals surface area contributed by atoms with E-state index >= 15 is 0 Å². The maximum Gasteiger partial charge on any atom is 0.248 e. The summed E-state index contributed by atoms with van der Waals surface area (Å²) >= 11 is 0. The summed E-state index contributed by atoms with van der Waals surface area (Å²) in [6, 6.07) is 0. The monoisotopic (exact) mass is 215 g/mol. The van der Waals surface area contributed by atoms with Gasteiger partial charge in [0, 0.05) is 0 Å². The summed E-state index contributed by atoms with van der Waals surface area (Å²) in [5, 5.41) is 8.03. The molecular weight excluding hydrogens is 204 g/mol. The molecule has 0 aliphatic heterocycles. The van der Waals surface area contributed by atoms with Gasteiger partial charge >= 0.3 is 0 Å². The van der Waals surface area contributed by atoms with Gasteiger partial charge in [0.25, 0.3) is 0 Å². The number of nitrogens with two attached hydrogens (primary N) is 1. The van der Waals surface area contributed by atoms with Gasteiger partial charge in [0.2, 0.25) is 15.3 Å². The lowest BCUT2D eigenvalue weighted by Crippen LogP contribution is -1.89. The second kappa shape index (κ2) is 10.8. The smallest absolute Gasteiger partial charge is 0.248 e. The van der Waals surface area contributed by atoms with Crippen molar-refractivity contribution >= 4 is 27.9 Å². The molecule has 0 aliphatic rings. The number of rotatable bonds is 4. The minimum atomic E-state index is -1.82. The average Bonchev–Trinajstić information content (AvgIpc) is 2.02. The maximum absolute atomic E-state index is 9.91. The van der Waals surface area contributed by atoms with E-state index in [1.165, 1.54) is 0 Å². The summed E-state index contributed by atoms with van der Waals surface area (Å²) in [7, 11) is -3.59. The standard InChI is InChI=1S/C3H7O3P.CH4NO2P/c1-7(5)6-3-2-4;1-5(3)4-2/h4H,1-3H2;1-2H2. The van der Waals surface area contributed by atoms with Crippen molar-refractivity contribution in [1.29, 1.82) is 0 Å². The molecule has 2 atom stereocenters. The molecule has 0 rings (SSSR count). The van der Waals surface area contributed by atoms with Crippen LogP contribution in [0.4, 0.5) is 0 Å². The summed E-state index contributed by atoms with van der Waals surface area (Å²) in [5.41, 5.74) is 0. The third kappa shape index (κ3) is 22.6. The molecule has 72 valence electrons. The predicted octanol–water partition coefficient (Wildman–Crippen LogP) is 0.221. The third-order valence-corrected chi connectivity index (χ3v) is 1.15. The van der Waals surface area contributed by atoms with Crippen molar-refractivity contribution in [1.82, 2.24) is 0 Å². The molecule has 0 radical (unpaired) electrons. The molecule has 8 heteroatoms. The Hall–Kier alpha value is -0.220. The zero-order valence-corrected chi connectivity index (χ0v) is 8.17. The lowest BCUT2D eigenvalue weighted by molar-refractivity contribution is 0.212. The molecule has 0 aliphatic carbocycles. The molecule has 2 unspecified atom stereocenters. The highest BCUT2D eigenvalue weighted by Crippen LogP contribution is 2.00. The minimum Gasteiger partial charge on any atom is -0.394 e. The first-order valence-corrected chi connectivity index (χ1v) is 5.43. The first-order valence-electron chi connectivity index (χ1n) is 2.70. The van der Waals surface area contributed by atoms with Gasteiger partial charge in [-0.1, -0.05) is 0 Å². The molecule has 0 fully saturated rings. The van der Waals surface area contributed by atoms with Crippen molar-refractivity contribution < 1.29 is 23.4 Å². The zero-order valence-electron chi connectivity index (χ0n) is 6.38. The highest BCUT2D eigenvalue weighted by atomic mass is 31.1. The van der Waals surface area contributed by atoms with E-state index in [1.54, 1.807) is 0 Å². The Labute approximate surface area is 71.3 Å². The van der Waals surface area contributed by atoms with E-state index in [2.05, 4.69) is 27.6 Å². The normalized spacial score (nSPS) is 11.2. The van der Waals surface area contributed by atoms with Crippen LogP contribution in [0.1, 0.15) is 0 Å². The summed E-state index contributed by atoms with van der Waals surface area (Å²) < 4.78 is 27.4. The summed E-state index contributed by atoms with van der Waals surface area (Å²) in [6.45, 7) is 0.00922. The van der Waals surface area contributed by atoms with Crippen LogP contribution in [0.2, 0.25) is 0 Å². The van der Waals surface area contributed by atoms with Gasteiger partial charge in [-0.3, -0.25) is 9.09 Å². The van der Waals surface area contributed by atoms with Crippen LogP contribution in [-0.4, -0.2) is 30.9 Å².